The van der Waals surface area contributed by atoms with E-state index in [2.05, 4.69) is 20.3 Å². The molecular formula is C16H14F2N4O2S2. The summed E-state index contributed by atoms with van der Waals surface area (Å²) in [5, 5.41) is 13.5. The molecular weight excluding hydrogens is 382 g/mol. The number of rotatable bonds is 7. The van der Waals surface area contributed by atoms with Crippen LogP contribution >= 0.6 is 23.1 Å². The molecule has 3 rings (SSSR count). The quantitative estimate of drug-likeness (QED) is 0.614. The molecule has 0 atom stereocenters. The molecule has 10 heteroatoms. The summed E-state index contributed by atoms with van der Waals surface area (Å²) in [5.74, 6) is 0.689. The summed E-state index contributed by atoms with van der Waals surface area (Å²) in [4.78, 5) is 13.1. The molecule has 2 heterocycles. The molecule has 6 nitrogen and oxygen atoms in total. The number of carbonyl (C=O) groups is 1. The first-order valence-electron chi connectivity index (χ1n) is 7.43. The van der Waals surface area contributed by atoms with Gasteiger partial charge in [0.15, 0.2) is 11.0 Å². The second-order valence-corrected chi connectivity index (χ2v) is 6.97. The standard InChI is InChI=1S/C16H14F2N4O2S2/c1-22-14(12-3-2-8-25-12)20-21-16(22)26-9-13(23)19-10-4-6-11(7-5-10)24-15(17)18/h2-8,15H,9H2,1H3,(H,19,23). The lowest BCUT2D eigenvalue weighted by atomic mass is 10.3. The predicted octanol–water partition coefficient (Wildman–Crippen LogP) is 3.88. The highest BCUT2D eigenvalue weighted by Crippen LogP contribution is 2.26. The number of nitrogens with one attached hydrogen (secondary N) is 1. The molecule has 136 valence electrons. The molecule has 26 heavy (non-hydrogen) atoms. The molecule has 0 saturated carbocycles. The average Bonchev–Trinajstić information content (AvgIpc) is 3.24. The van der Waals surface area contributed by atoms with Crippen LogP contribution in [0.5, 0.6) is 5.75 Å². The van der Waals surface area contributed by atoms with Crippen LogP contribution in [0.15, 0.2) is 46.9 Å². The highest BCUT2D eigenvalue weighted by atomic mass is 32.2. The van der Waals surface area contributed by atoms with Crippen molar-refractivity contribution in [1.82, 2.24) is 14.8 Å². The molecule has 1 aromatic carbocycles. The van der Waals surface area contributed by atoms with Gasteiger partial charge in [-0.05, 0) is 35.7 Å². The number of hydrogen-bond acceptors (Lipinski definition) is 6. The van der Waals surface area contributed by atoms with Crippen LogP contribution in [-0.2, 0) is 11.8 Å². The molecule has 0 spiro atoms. The third kappa shape index (κ3) is 4.58. The lowest BCUT2D eigenvalue weighted by molar-refractivity contribution is -0.113. The van der Waals surface area contributed by atoms with Gasteiger partial charge in [0, 0.05) is 12.7 Å². The number of amides is 1. The first-order chi connectivity index (χ1) is 12.5. The van der Waals surface area contributed by atoms with Gasteiger partial charge in [-0.3, -0.25) is 4.79 Å². The SMILES string of the molecule is Cn1c(SCC(=O)Nc2ccc(OC(F)F)cc2)nnc1-c1cccs1. The summed E-state index contributed by atoms with van der Waals surface area (Å²) >= 11 is 2.83. The van der Waals surface area contributed by atoms with E-state index in [1.165, 1.54) is 36.0 Å². The number of anilines is 1. The number of thiophene rings is 1. The Balaban J connectivity index is 1.54. The van der Waals surface area contributed by atoms with Crippen LogP contribution in [0.25, 0.3) is 10.7 Å². The second kappa shape index (κ2) is 8.28. The van der Waals surface area contributed by atoms with E-state index < -0.39 is 6.61 Å². The Bertz CT molecular complexity index is 867. The number of halogens is 2. The number of carbonyl (C=O) groups excluding carboxylic acids is 1. The predicted molar refractivity (Wildman–Crippen MR) is 96.7 cm³/mol. The number of benzene rings is 1. The van der Waals surface area contributed by atoms with Gasteiger partial charge in [-0.25, -0.2) is 0 Å². The maximum absolute atomic E-state index is 12.1. The number of hydrogen-bond donors (Lipinski definition) is 1. The van der Waals surface area contributed by atoms with Crippen molar-refractivity contribution in [1.29, 1.82) is 0 Å². The maximum atomic E-state index is 12.1. The summed E-state index contributed by atoms with van der Waals surface area (Å²) in [5.41, 5.74) is 0.495. The topological polar surface area (TPSA) is 69.0 Å². The van der Waals surface area contributed by atoms with Crippen LogP contribution in [0.1, 0.15) is 0 Å². The van der Waals surface area contributed by atoms with Crippen LogP contribution < -0.4 is 10.1 Å². The Morgan fingerprint density at radius 2 is 2.08 bits per heavy atom. The van der Waals surface area contributed by atoms with Crippen LogP contribution in [0, 0.1) is 0 Å². The molecule has 0 radical (unpaired) electrons. The van der Waals surface area contributed by atoms with E-state index in [4.69, 9.17) is 0 Å². The van der Waals surface area contributed by atoms with Crippen LogP contribution in [0.2, 0.25) is 0 Å². The van der Waals surface area contributed by atoms with Crippen molar-refractivity contribution in [3.63, 3.8) is 0 Å². The van der Waals surface area contributed by atoms with Crippen molar-refractivity contribution in [3.8, 4) is 16.5 Å². The summed E-state index contributed by atoms with van der Waals surface area (Å²) in [6.45, 7) is -2.88. The smallest absolute Gasteiger partial charge is 0.387 e. The minimum atomic E-state index is -2.88. The van der Waals surface area contributed by atoms with E-state index in [0.29, 0.717) is 10.8 Å². The van der Waals surface area contributed by atoms with Crippen molar-refractivity contribution in [2.24, 2.45) is 7.05 Å². The Kier molecular flexibility index (Phi) is 5.84. The van der Waals surface area contributed by atoms with Gasteiger partial charge in [-0.2, -0.15) is 8.78 Å². The lowest BCUT2D eigenvalue weighted by Gasteiger charge is -2.07. The summed E-state index contributed by atoms with van der Waals surface area (Å²) in [6.07, 6.45) is 0. The molecule has 0 fully saturated rings. The van der Waals surface area contributed by atoms with Crippen molar-refractivity contribution in [2.75, 3.05) is 11.1 Å². The normalized spacial score (nSPS) is 10.9. The molecule has 0 saturated heterocycles. The van der Waals surface area contributed by atoms with Gasteiger partial charge in [0.05, 0.1) is 10.6 Å². The number of thioether (sulfide) groups is 1. The van der Waals surface area contributed by atoms with Gasteiger partial charge < -0.3 is 14.6 Å². The molecule has 2 aromatic heterocycles. The van der Waals surface area contributed by atoms with Crippen molar-refractivity contribution >= 4 is 34.7 Å². The lowest BCUT2D eigenvalue weighted by Crippen LogP contribution is -2.14. The van der Waals surface area contributed by atoms with Gasteiger partial charge in [0.2, 0.25) is 5.91 Å². The van der Waals surface area contributed by atoms with Crippen LogP contribution in [-0.4, -0.2) is 33.0 Å². The third-order valence-electron chi connectivity index (χ3n) is 3.27. The third-order valence-corrected chi connectivity index (χ3v) is 5.16. The van der Waals surface area contributed by atoms with Gasteiger partial charge in [0.1, 0.15) is 5.75 Å². The van der Waals surface area contributed by atoms with Gasteiger partial charge in [-0.15, -0.1) is 21.5 Å². The number of nitrogens with zero attached hydrogens (tertiary/aromatic N) is 3. The zero-order chi connectivity index (χ0) is 18.5. The molecule has 3 aromatic rings. The van der Waals surface area contributed by atoms with E-state index in [1.807, 2.05) is 29.1 Å². The molecule has 0 aliphatic heterocycles. The highest BCUT2D eigenvalue weighted by molar-refractivity contribution is 7.99. The zero-order valence-corrected chi connectivity index (χ0v) is 15.2. The highest BCUT2D eigenvalue weighted by Gasteiger charge is 2.13. The Morgan fingerprint density at radius 1 is 1.31 bits per heavy atom. The Labute approximate surface area is 156 Å². The molecule has 0 unspecified atom stereocenters. The summed E-state index contributed by atoms with van der Waals surface area (Å²) in [6, 6.07) is 9.62. The van der Waals surface area contributed by atoms with Gasteiger partial charge >= 0.3 is 6.61 Å². The summed E-state index contributed by atoms with van der Waals surface area (Å²) in [7, 11) is 1.84. The second-order valence-electron chi connectivity index (χ2n) is 5.08. The monoisotopic (exact) mass is 396 g/mol. The van der Waals surface area contributed by atoms with Crippen LogP contribution in [0.3, 0.4) is 0 Å². The Morgan fingerprint density at radius 3 is 2.73 bits per heavy atom. The van der Waals surface area contributed by atoms with E-state index in [9.17, 15) is 13.6 Å². The first-order valence-corrected chi connectivity index (χ1v) is 9.30. The molecule has 0 aliphatic carbocycles. The average molecular weight is 396 g/mol. The first kappa shape index (κ1) is 18.3. The fraction of sp³-hybridized carbons (Fsp3) is 0.188. The molecule has 1 amide bonds. The minimum absolute atomic E-state index is 0.0348. The largest absolute Gasteiger partial charge is 0.435 e. The molecule has 0 bridgehead atoms. The zero-order valence-electron chi connectivity index (χ0n) is 13.6. The van der Waals surface area contributed by atoms with E-state index >= 15 is 0 Å². The van der Waals surface area contributed by atoms with Gasteiger partial charge in [0.25, 0.3) is 0 Å². The fourth-order valence-electron chi connectivity index (χ4n) is 2.11. The van der Waals surface area contributed by atoms with E-state index in [1.54, 1.807) is 11.3 Å². The minimum Gasteiger partial charge on any atom is -0.435 e. The van der Waals surface area contributed by atoms with Crippen LogP contribution in [0.4, 0.5) is 14.5 Å². The van der Waals surface area contributed by atoms with E-state index in [-0.39, 0.29) is 17.4 Å². The van der Waals surface area contributed by atoms with Gasteiger partial charge in [-0.1, -0.05) is 17.8 Å². The molecule has 0 aliphatic rings. The van der Waals surface area contributed by atoms with E-state index in [0.717, 1.165) is 10.7 Å². The van der Waals surface area contributed by atoms with Crippen molar-refractivity contribution < 1.29 is 18.3 Å². The Hall–Kier alpha value is -2.46. The molecule has 1 N–H and O–H groups in total. The number of ether oxygens (including phenoxy) is 1. The fourth-order valence-corrected chi connectivity index (χ4v) is 3.56. The number of aromatic nitrogens is 3. The van der Waals surface area contributed by atoms with Crippen molar-refractivity contribution in [2.45, 2.75) is 11.8 Å². The maximum Gasteiger partial charge on any atom is 0.387 e. The van der Waals surface area contributed by atoms with Crippen molar-refractivity contribution in [3.05, 3.63) is 41.8 Å². The number of alkyl halides is 2. The summed E-state index contributed by atoms with van der Waals surface area (Å²) < 4.78 is 30.3.